The van der Waals surface area contributed by atoms with Gasteiger partial charge in [-0.25, -0.2) is 9.79 Å². The second kappa shape index (κ2) is 36.2. The molecule has 0 bridgehead atoms. The van der Waals surface area contributed by atoms with E-state index in [1.807, 2.05) is 83.6 Å². The third-order valence-corrected chi connectivity index (χ3v) is 19.2. The SMILES string of the molecule is C=C(C(=O)c1ccc(/C(C)=C2/C(CC(=C)[C@@H]3CCCN3C(=O)/C=C/C/C=C3/CCCN(CCNC(=O)CCCC(=O)NCCCOCCOCCOCCCNC(=O)CCCC[C@@H]4SC[C@]5(C)NC(=O)N[C@H]45)CC3)=CC=CN=C2N)cc1)c1cccs1. The summed E-state index contributed by atoms with van der Waals surface area (Å²) in [5, 5.41) is 17.3. The lowest BCUT2D eigenvalue weighted by molar-refractivity contribution is -0.126. The van der Waals surface area contributed by atoms with Crippen molar-refractivity contribution in [1.29, 1.82) is 0 Å². The number of Topliss-reactive ketones (excluding diaryl/α,β-unsaturated/α-hetero) is 1. The number of ketones is 1. The number of carbonyl (C=O) groups is 6. The van der Waals surface area contributed by atoms with Crippen molar-refractivity contribution in [2.24, 2.45) is 10.7 Å². The first-order chi connectivity index (χ1) is 42.2. The summed E-state index contributed by atoms with van der Waals surface area (Å²) in [5.74, 6) is 1.14. The van der Waals surface area contributed by atoms with E-state index in [1.54, 1.807) is 12.3 Å². The third-order valence-electron chi connectivity index (χ3n) is 16.5. The first-order valence-corrected chi connectivity index (χ1v) is 33.2. The van der Waals surface area contributed by atoms with Crippen LogP contribution in [0.25, 0.3) is 11.1 Å². The van der Waals surface area contributed by atoms with E-state index in [1.165, 1.54) is 16.9 Å². The van der Waals surface area contributed by atoms with Crippen LogP contribution >= 0.6 is 23.1 Å². The summed E-state index contributed by atoms with van der Waals surface area (Å²) >= 11 is 3.39. The average Bonchev–Trinajstić information content (AvgIpc) is 1.81. The Balaban J connectivity index is 0.664. The number of likely N-dealkylation sites (tertiary alicyclic amines) is 2. The number of nitrogens with one attached hydrogen (secondary N) is 5. The van der Waals surface area contributed by atoms with E-state index >= 15 is 0 Å². The molecule has 20 heteroatoms. The minimum Gasteiger partial charge on any atom is -0.383 e. The van der Waals surface area contributed by atoms with Crippen LogP contribution in [0.5, 0.6) is 0 Å². The van der Waals surface area contributed by atoms with Crippen molar-refractivity contribution in [2.75, 3.05) is 91.2 Å². The molecule has 2 aromatic rings. The molecule has 5 aliphatic heterocycles. The molecule has 1 aromatic heterocycles. The van der Waals surface area contributed by atoms with Crippen LogP contribution in [0.2, 0.25) is 0 Å². The molecule has 7 rings (SSSR count). The zero-order valence-electron chi connectivity index (χ0n) is 51.3. The molecule has 7 N–H and O–H groups in total. The first kappa shape index (κ1) is 68.1. The van der Waals surface area contributed by atoms with Gasteiger partial charge in [0.05, 0.1) is 44.1 Å². The number of nitrogens with zero attached hydrogens (tertiary/aromatic N) is 3. The molecule has 4 fully saturated rings. The number of ether oxygens (including phenoxy) is 3. The molecular weight excluding hydrogens is 1140 g/mol. The quantitative estimate of drug-likeness (QED) is 0.0123. The molecule has 1 aromatic carbocycles. The minimum atomic E-state index is -0.165. The highest BCUT2D eigenvalue weighted by atomic mass is 32.2. The summed E-state index contributed by atoms with van der Waals surface area (Å²) in [6.07, 6.45) is 23.2. The summed E-state index contributed by atoms with van der Waals surface area (Å²) < 4.78 is 16.8. The number of thiophene rings is 1. The summed E-state index contributed by atoms with van der Waals surface area (Å²) in [4.78, 5) is 85.4. The maximum Gasteiger partial charge on any atom is 0.315 e. The maximum absolute atomic E-state index is 13.7. The highest BCUT2D eigenvalue weighted by molar-refractivity contribution is 8.00. The fourth-order valence-corrected chi connectivity index (χ4v) is 14.1. The average molecular weight is 1230 g/mol. The Morgan fingerprint density at radius 1 is 0.828 bits per heavy atom. The zero-order valence-corrected chi connectivity index (χ0v) is 52.9. The van der Waals surface area contributed by atoms with Gasteiger partial charge in [-0.05, 0) is 138 Å². The van der Waals surface area contributed by atoms with E-state index < -0.39 is 0 Å². The molecule has 4 saturated heterocycles. The molecule has 472 valence electrons. The smallest absolute Gasteiger partial charge is 0.315 e. The Morgan fingerprint density at radius 3 is 2.21 bits per heavy atom. The van der Waals surface area contributed by atoms with Gasteiger partial charge in [0.15, 0.2) is 5.78 Å². The predicted octanol–water partition coefficient (Wildman–Crippen LogP) is 8.99. The van der Waals surface area contributed by atoms with E-state index in [0.29, 0.717) is 133 Å². The predicted molar refractivity (Wildman–Crippen MR) is 349 cm³/mol. The number of thioether (sulfide) groups is 1. The van der Waals surface area contributed by atoms with Crippen molar-refractivity contribution in [1.82, 2.24) is 36.4 Å². The number of carbonyl (C=O) groups excluding carboxylic acids is 6. The number of allylic oxidation sites excluding steroid dienone is 6. The van der Waals surface area contributed by atoms with Gasteiger partial charge in [0.25, 0.3) is 0 Å². The van der Waals surface area contributed by atoms with Crippen LogP contribution < -0.4 is 32.3 Å². The van der Waals surface area contributed by atoms with Crippen LogP contribution in [0.4, 0.5) is 4.79 Å². The van der Waals surface area contributed by atoms with Gasteiger partial charge in [0, 0.05) is 111 Å². The number of urea groups is 1. The van der Waals surface area contributed by atoms with Crippen LogP contribution in [-0.2, 0) is 33.4 Å². The van der Waals surface area contributed by atoms with Crippen molar-refractivity contribution in [3.63, 3.8) is 0 Å². The monoisotopic (exact) mass is 1230 g/mol. The van der Waals surface area contributed by atoms with Crippen LogP contribution in [0, 0.1) is 0 Å². The molecule has 0 aliphatic carbocycles. The van der Waals surface area contributed by atoms with E-state index in [9.17, 15) is 28.8 Å². The number of amides is 6. The normalized spacial score (nSPS) is 21.4. The number of hydrogen-bond acceptors (Lipinski definition) is 14. The number of nitrogens with two attached hydrogens (primary N) is 1. The van der Waals surface area contributed by atoms with Gasteiger partial charge < -0.3 is 56.3 Å². The molecule has 18 nitrogen and oxygen atoms in total. The Kier molecular flexibility index (Phi) is 28.3. The first-order valence-electron chi connectivity index (χ1n) is 31.3. The molecule has 0 spiro atoms. The molecule has 4 atom stereocenters. The highest BCUT2D eigenvalue weighted by Gasteiger charge is 2.51. The second-order valence-corrected chi connectivity index (χ2v) is 25.3. The molecule has 0 saturated carbocycles. The molecule has 5 aliphatic rings. The lowest BCUT2D eigenvalue weighted by Gasteiger charge is -2.27. The molecule has 6 amide bonds. The minimum absolute atomic E-state index is 0.0100. The van der Waals surface area contributed by atoms with E-state index in [-0.39, 0.29) is 53.1 Å². The maximum atomic E-state index is 13.7. The fraction of sp³-hybridized carbons (Fsp3) is 0.537. The highest BCUT2D eigenvalue weighted by Crippen LogP contribution is 2.40. The Labute approximate surface area is 523 Å². The molecule has 87 heavy (non-hydrogen) atoms. The van der Waals surface area contributed by atoms with Gasteiger partial charge in [-0.3, -0.25) is 24.0 Å². The summed E-state index contributed by atoms with van der Waals surface area (Å²) in [6, 6.07) is 11.3. The lowest BCUT2D eigenvalue weighted by Crippen LogP contribution is -2.47. The van der Waals surface area contributed by atoms with E-state index in [0.717, 1.165) is 116 Å². The number of amidine groups is 1. The Morgan fingerprint density at radius 2 is 1.51 bits per heavy atom. The molecular formula is C67H93N9O9S2. The van der Waals surface area contributed by atoms with Crippen LogP contribution in [-0.4, -0.2) is 165 Å². The van der Waals surface area contributed by atoms with Gasteiger partial charge in [-0.2, -0.15) is 11.8 Å². The van der Waals surface area contributed by atoms with E-state index in [2.05, 4.69) is 62.6 Å². The Hall–Kier alpha value is -6.42. The molecule has 0 radical (unpaired) electrons. The van der Waals surface area contributed by atoms with Crippen molar-refractivity contribution < 1.29 is 43.0 Å². The van der Waals surface area contributed by atoms with Gasteiger partial charge >= 0.3 is 6.03 Å². The van der Waals surface area contributed by atoms with Gasteiger partial charge in [0.1, 0.15) is 5.84 Å². The van der Waals surface area contributed by atoms with Crippen LogP contribution in [0.1, 0.15) is 137 Å². The summed E-state index contributed by atoms with van der Waals surface area (Å²) in [6.45, 7) is 20.5. The molecule has 0 unspecified atom stereocenters. The summed E-state index contributed by atoms with van der Waals surface area (Å²) in [7, 11) is 0. The standard InChI is InChI=1S/C67H93N9O9S2/c1-48(46-54-18-10-31-72-65(68)62(54)49(2)52-26-28-53(29-27-52)63(81)50(3)56-21-13-45-86-56)55-19-12-36-76(55)61(80)25-8-5-16-51-17-11-35-75(37-30-51)38-34-71-60(79)24-9-23-59(78)70-33-15-40-84-42-44-85-43-41-83-39-14-32-69-58(77)22-7-6-20-57-64-67(4,47-87-57)74-66(82)73-64/h8,10,13,16,18,21,25-29,31,45,55,57,64H,1,3,5-7,9,11-12,14-15,17,19-20,22-24,30,32-44,46-47H2,2,4H3,(H2,68,72)(H,69,77)(H,70,78)(H,71,79)(H2,73,74,82)/b25-8+,51-16-,62-49-/t55-,57-,64+,67-/m0/s1. The lowest BCUT2D eigenvalue weighted by atomic mass is 9.88. The number of fused-ring (bicyclic) bond motifs is 1. The third kappa shape index (κ3) is 22.0. The van der Waals surface area contributed by atoms with Crippen LogP contribution in [0.3, 0.4) is 0 Å². The van der Waals surface area contributed by atoms with E-state index in [4.69, 9.17) is 19.9 Å². The number of rotatable bonds is 36. The van der Waals surface area contributed by atoms with Crippen molar-refractivity contribution in [3.8, 4) is 0 Å². The fourth-order valence-electron chi connectivity index (χ4n) is 11.7. The number of unbranched alkanes of at least 4 members (excludes halogenated alkanes) is 1. The van der Waals surface area contributed by atoms with Crippen molar-refractivity contribution >= 4 is 75.5 Å². The Bertz CT molecular complexity index is 2860. The largest absolute Gasteiger partial charge is 0.383 e. The molecule has 6 heterocycles. The van der Waals surface area contributed by atoms with Crippen molar-refractivity contribution in [2.45, 2.75) is 139 Å². The van der Waals surface area contributed by atoms with Crippen LogP contribution in [0.15, 0.2) is 119 Å². The number of aliphatic imine (C=N–C) groups is 1. The summed E-state index contributed by atoms with van der Waals surface area (Å²) in [5.41, 5.74) is 13.5. The van der Waals surface area contributed by atoms with Gasteiger partial charge in [0.2, 0.25) is 23.6 Å². The van der Waals surface area contributed by atoms with Gasteiger partial charge in [-0.15, -0.1) is 11.3 Å². The topological polar surface area (TPSA) is 235 Å². The van der Waals surface area contributed by atoms with Gasteiger partial charge in [-0.1, -0.05) is 79.3 Å². The second-order valence-electron chi connectivity index (χ2n) is 23.2. The number of hydrogen-bond donors (Lipinski definition) is 6. The van der Waals surface area contributed by atoms with Crippen molar-refractivity contribution in [3.05, 3.63) is 130 Å². The number of benzene rings is 1. The zero-order chi connectivity index (χ0) is 61.8.